The predicted molar refractivity (Wildman–Crippen MR) is 89.1 cm³/mol. The van der Waals surface area contributed by atoms with E-state index in [9.17, 15) is 9.59 Å². The van der Waals surface area contributed by atoms with E-state index in [1.807, 2.05) is 0 Å². The molecule has 0 aliphatic carbocycles. The predicted octanol–water partition coefficient (Wildman–Crippen LogP) is 3.22. The van der Waals surface area contributed by atoms with E-state index in [2.05, 4.69) is 12.2 Å². The Balaban J connectivity index is 1.64. The highest BCUT2D eigenvalue weighted by Gasteiger charge is 2.28. The van der Waals surface area contributed by atoms with Crippen molar-refractivity contribution in [3.05, 3.63) is 24.2 Å². The van der Waals surface area contributed by atoms with Crippen LogP contribution in [0.5, 0.6) is 0 Å². The maximum absolute atomic E-state index is 12.2. The maximum Gasteiger partial charge on any atom is 0.289 e. The fourth-order valence-electron chi connectivity index (χ4n) is 2.99. The van der Waals surface area contributed by atoms with Crippen molar-refractivity contribution in [3.63, 3.8) is 0 Å². The highest BCUT2D eigenvalue weighted by molar-refractivity contribution is 5.91. The Labute approximate surface area is 138 Å². The molecule has 0 saturated carbocycles. The van der Waals surface area contributed by atoms with E-state index >= 15 is 0 Å². The molecule has 128 valence electrons. The summed E-state index contributed by atoms with van der Waals surface area (Å²) in [5, 5.41) is 3.04. The van der Waals surface area contributed by atoms with Crippen LogP contribution in [0.2, 0.25) is 0 Å². The number of likely N-dealkylation sites (tertiary alicyclic amines) is 1. The molecule has 0 bridgehead atoms. The van der Waals surface area contributed by atoms with Gasteiger partial charge in [-0.05, 0) is 31.4 Å². The first kappa shape index (κ1) is 17.6. The largest absolute Gasteiger partial charge is 0.459 e. The molecule has 1 aromatic heterocycles. The molecule has 2 amide bonds. The van der Waals surface area contributed by atoms with Crippen LogP contribution in [0.4, 0.5) is 0 Å². The van der Waals surface area contributed by atoms with Crippen LogP contribution in [0.1, 0.15) is 62.4 Å². The zero-order valence-electron chi connectivity index (χ0n) is 14.1. The Bertz CT molecular complexity index is 476. The summed E-state index contributed by atoms with van der Waals surface area (Å²) in [6.07, 6.45) is 8.97. The minimum atomic E-state index is -0.0789. The summed E-state index contributed by atoms with van der Waals surface area (Å²) < 4.78 is 5.15. The van der Waals surface area contributed by atoms with Gasteiger partial charge in [0.2, 0.25) is 5.91 Å². The first-order chi connectivity index (χ1) is 11.2. The molecule has 1 N–H and O–H groups in total. The van der Waals surface area contributed by atoms with Gasteiger partial charge in [0.1, 0.15) is 0 Å². The van der Waals surface area contributed by atoms with E-state index in [1.54, 1.807) is 17.0 Å². The van der Waals surface area contributed by atoms with E-state index in [4.69, 9.17) is 4.42 Å². The topological polar surface area (TPSA) is 62.6 Å². The zero-order valence-corrected chi connectivity index (χ0v) is 14.1. The average molecular weight is 320 g/mol. The molecule has 23 heavy (non-hydrogen) atoms. The number of amides is 2. The molecule has 1 aromatic rings. The van der Waals surface area contributed by atoms with Crippen molar-refractivity contribution in [1.29, 1.82) is 0 Å². The molecule has 5 nitrogen and oxygen atoms in total. The molecule has 5 heteroatoms. The fourth-order valence-corrected chi connectivity index (χ4v) is 2.99. The number of carbonyl (C=O) groups is 2. The molecule has 1 aliphatic heterocycles. The summed E-state index contributed by atoms with van der Waals surface area (Å²) in [5.41, 5.74) is 0. The van der Waals surface area contributed by atoms with Gasteiger partial charge in [0, 0.05) is 25.6 Å². The number of carbonyl (C=O) groups excluding carboxylic acids is 2. The first-order valence-electron chi connectivity index (χ1n) is 8.83. The van der Waals surface area contributed by atoms with Crippen molar-refractivity contribution in [1.82, 2.24) is 10.2 Å². The molecule has 0 aromatic carbocycles. The Kier molecular flexibility index (Phi) is 7.17. The number of furan rings is 1. The summed E-state index contributed by atoms with van der Waals surface area (Å²) in [7, 11) is 0. The molecule has 0 spiro atoms. The molecule has 1 saturated heterocycles. The molecule has 0 atom stereocenters. The first-order valence-corrected chi connectivity index (χ1v) is 8.83. The van der Waals surface area contributed by atoms with Gasteiger partial charge in [-0.15, -0.1) is 0 Å². The summed E-state index contributed by atoms with van der Waals surface area (Å²) in [4.78, 5) is 26.1. The Hall–Kier alpha value is -1.78. The Morgan fingerprint density at radius 1 is 1.22 bits per heavy atom. The van der Waals surface area contributed by atoms with Crippen LogP contribution in [0.25, 0.3) is 0 Å². The number of hydrogen-bond acceptors (Lipinski definition) is 3. The lowest BCUT2D eigenvalue weighted by Crippen LogP contribution is -2.43. The third-order valence-electron chi connectivity index (χ3n) is 4.46. The summed E-state index contributed by atoms with van der Waals surface area (Å²) in [5.74, 6) is 0.474. The lowest BCUT2D eigenvalue weighted by Gasteiger charge is -2.30. The highest BCUT2D eigenvalue weighted by atomic mass is 16.3. The van der Waals surface area contributed by atoms with E-state index in [1.165, 1.54) is 31.9 Å². The second-order valence-corrected chi connectivity index (χ2v) is 6.25. The van der Waals surface area contributed by atoms with Gasteiger partial charge in [-0.25, -0.2) is 0 Å². The standard InChI is InChI=1S/C18H28N2O3/c1-2-3-4-5-6-11-19-17(21)15-9-12-20(13-10-15)18(22)16-8-7-14-23-16/h7-8,14-15H,2-6,9-13H2,1H3,(H,19,21). The van der Waals surface area contributed by atoms with Gasteiger partial charge in [0.15, 0.2) is 5.76 Å². The Morgan fingerprint density at radius 3 is 2.61 bits per heavy atom. The molecule has 1 aliphatic rings. The molecule has 2 heterocycles. The fraction of sp³-hybridized carbons (Fsp3) is 0.667. The van der Waals surface area contributed by atoms with Gasteiger partial charge in [0.25, 0.3) is 5.91 Å². The van der Waals surface area contributed by atoms with Gasteiger partial charge in [0.05, 0.1) is 6.26 Å². The molecule has 0 radical (unpaired) electrons. The van der Waals surface area contributed by atoms with E-state index < -0.39 is 0 Å². The number of unbranched alkanes of at least 4 members (excludes halogenated alkanes) is 4. The average Bonchev–Trinajstić information content (AvgIpc) is 3.12. The van der Waals surface area contributed by atoms with Crippen molar-refractivity contribution in [2.24, 2.45) is 5.92 Å². The van der Waals surface area contributed by atoms with Gasteiger partial charge >= 0.3 is 0 Å². The number of piperidine rings is 1. The SMILES string of the molecule is CCCCCCCNC(=O)C1CCN(C(=O)c2ccco2)CC1. The van der Waals surface area contributed by atoms with Gasteiger partial charge < -0.3 is 14.6 Å². The molecular weight excluding hydrogens is 292 g/mol. The second-order valence-electron chi connectivity index (χ2n) is 6.25. The van der Waals surface area contributed by atoms with Crippen LogP contribution in [-0.2, 0) is 4.79 Å². The second kappa shape index (κ2) is 9.38. The minimum Gasteiger partial charge on any atom is -0.459 e. The third-order valence-corrected chi connectivity index (χ3v) is 4.46. The highest BCUT2D eigenvalue weighted by Crippen LogP contribution is 2.19. The van der Waals surface area contributed by atoms with Gasteiger partial charge in [-0.2, -0.15) is 0 Å². The number of rotatable bonds is 8. The van der Waals surface area contributed by atoms with Gasteiger partial charge in [-0.3, -0.25) is 9.59 Å². The maximum atomic E-state index is 12.2. The Morgan fingerprint density at radius 2 is 1.96 bits per heavy atom. The zero-order chi connectivity index (χ0) is 16.5. The van der Waals surface area contributed by atoms with E-state index in [0.29, 0.717) is 18.8 Å². The molecule has 2 rings (SSSR count). The number of nitrogens with zero attached hydrogens (tertiary/aromatic N) is 1. The van der Waals surface area contributed by atoms with Crippen molar-refractivity contribution < 1.29 is 14.0 Å². The van der Waals surface area contributed by atoms with Gasteiger partial charge in [-0.1, -0.05) is 32.6 Å². The lowest BCUT2D eigenvalue weighted by atomic mass is 9.95. The van der Waals surface area contributed by atoms with Crippen LogP contribution in [0, 0.1) is 5.92 Å². The quantitative estimate of drug-likeness (QED) is 0.748. The smallest absolute Gasteiger partial charge is 0.289 e. The van der Waals surface area contributed by atoms with Crippen molar-refractivity contribution in [2.45, 2.75) is 51.9 Å². The van der Waals surface area contributed by atoms with Crippen LogP contribution >= 0.6 is 0 Å². The van der Waals surface area contributed by atoms with Crippen LogP contribution < -0.4 is 5.32 Å². The van der Waals surface area contributed by atoms with Crippen LogP contribution in [-0.4, -0.2) is 36.3 Å². The van der Waals surface area contributed by atoms with Crippen molar-refractivity contribution in [2.75, 3.05) is 19.6 Å². The monoisotopic (exact) mass is 320 g/mol. The molecule has 0 unspecified atom stereocenters. The normalized spacial score (nSPS) is 15.6. The summed E-state index contributed by atoms with van der Waals surface area (Å²) >= 11 is 0. The van der Waals surface area contributed by atoms with Crippen LogP contribution in [0.3, 0.4) is 0 Å². The lowest BCUT2D eigenvalue weighted by molar-refractivity contribution is -0.126. The third kappa shape index (κ3) is 5.41. The number of nitrogens with one attached hydrogen (secondary N) is 1. The minimum absolute atomic E-state index is 0.0336. The van der Waals surface area contributed by atoms with Crippen molar-refractivity contribution >= 4 is 11.8 Å². The van der Waals surface area contributed by atoms with Crippen molar-refractivity contribution in [3.8, 4) is 0 Å². The van der Waals surface area contributed by atoms with Crippen LogP contribution in [0.15, 0.2) is 22.8 Å². The molecular formula is C18H28N2O3. The summed E-state index contributed by atoms with van der Waals surface area (Å²) in [6, 6.07) is 3.40. The summed E-state index contributed by atoms with van der Waals surface area (Å²) in [6.45, 7) is 4.21. The number of hydrogen-bond donors (Lipinski definition) is 1. The molecule has 1 fully saturated rings. The van der Waals surface area contributed by atoms with E-state index in [0.717, 1.165) is 25.8 Å². The van der Waals surface area contributed by atoms with E-state index in [-0.39, 0.29) is 17.7 Å².